The van der Waals surface area contributed by atoms with Crippen LogP contribution in [0.5, 0.6) is 0 Å². The predicted molar refractivity (Wildman–Crippen MR) is 75.2 cm³/mol. The Labute approximate surface area is 119 Å². The first kappa shape index (κ1) is 12.1. The van der Waals surface area contributed by atoms with E-state index in [4.69, 9.17) is 0 Å². The van der Waals surface area contributed by atoms with Crippen LogP contribution in [0.15, 0.2) is 18.5 Å². The molecule has 1 aromatic rings. The summed E-state index contributed by atoms with van der Waals surface area (Å²) < 4.78 is 0. The highest BCUT2D eigenvalue weighted by Crippen LogP contribution is 2.37. The Morgan fingerprint density at radius 1 is 1.10 bits per heavy atom. The summed E-state index contributed by atoms with van der Waals surface area (Å²) >= 11 is 0. The maximum atomic E-state index is 12.4. The van der Waals surface area contributed by atoms with E-state index in [1.165, 1.54) is 12.8 Å². The van der Waals surface area contributed by atoms with Gasteiger partial charge in [-0.25, -0.2) is 9.97 Å². The smallest absolute Gasteiger partial charge is 0.225 e. The molecule has 106 valence electrons. The first-order chi connectivity index (χ1) is 9.83. The van der Waals surface area contributed by atoms with Crippen LogP contribution in [-0.2, 0) is 4.79 Å². The second kappa shape index (κ2) is 4.72. The number of rotatable bonds is 3. The maximum Gasteiger partial charge on any atom is 0.225 e. The highest BCUT2D eigenvalue weighted by Gasteiger charge is 2.45. The second-order valence-corrected chi connectivity index (χ2v) is 6.19. The highest BCUT2D eigenvalue weighted by molar-refractivity contribution is 5.77. The zero-order chi connectivity index (χ0) is 13.5. The summed E-state index contributed by atoms with van der Waals surface area (Å²) in [4.78, 5) is 25.5. The third-order valence-corrected chi connectivity index (χ3v) is 4.87. The van der Waals surface area contributed by atoms with Crippen molar-refractivity contribution < 1.29 is 4.79 Å². The number of carbonyl (C=O) groups is 1. The maximum absolute atomic E-state index is 12.4. The van der Waals surface area contributed by atoms with Gasteiger partial charge in [0.25, 0.3) is 0 Å². The van der Waals surface area contributed by atoms with Crippen LogP contribution in [0.4, 0.5) is 5.95 Å². The van der Waals surface area contributed by atoms with Crippen LogP contribution in [0.25, 0.3) is 0 Å². The van der Waals surface area contributed by atoms with Crippen molar-refractivity contribution in [3.8, 4) is 0 Å². The van der Waals surface area contributed by atoms with E-state index >= 15 is 0 Å². The van der Waals surface area contributed by atoms with Crippen molar-refractivity contribution in [1.29, 1.82) is 0 Å². The summed E-state index contributed by atoms with van der Waals surface area (Å²) in [5.41, 5.74) is 0. The van der Waals surface area contributed by atoms with Gasteiger partial charge in [-0.05, 0) is 37.7 Å². The molecule has 1 aromatic heterocycles. The number of carbonyl (C=O) groups excluding carboxylic acids is 1. The number of likely N-dealkylation sites (tertiary alicyclic amines) is 1. The molecule has 0 spiro atoms. The minimum atomic E-state index is 0.371. The fraction of sp³-hybridized carbons (Fsp3) is 0.667. The van der Waals surface area contributed by atoms with Crippen molar-refractivity contribution >= 4 is 11.9 Å². The van der Waals surface area contributed by atoms with Gasteiger partial charge in [-0.1, -0.05) is 0 Å². The van der Waals surface area contributed by atoms with Crippen LogP contribution in [0.2, 0.25) is 0 Å². The topological polar surface area (TPSA) is 49.3 Å². The number of hydrogen-bond donors (Lipinski definition) is 0. The van der Waals surface area contributed by atoms with E-state index < -0.39 is 0 Å². The average Bonchev–Trinajstić information content (AvgIpc) is 3.03. The molecule has 3 heterocycles. The van der Waals surface area contributed by atoms with Gasteiger partial charge >= 0.3 is 0 Å². The first-order valence-corrected chi connectivity index (χ1v) is 7.66. The number of aromatic nitrogens is 2. The zero-order valence-corrected chi connectivity index (χ0v) is 11.6. The Bertz CT molecular complexity index is 502. The Morgan fingerprint density at radius 2 is 1.85 bits per heavy atom. The number of amides is 1. The molecule has 2 aliphatic heterocycles. The van der Waals surface area contributed by atoms with E-state index in [0.29, 0.717) is 23.9 Å². The van der Waals surface area contributed by atoms with Crippen LogP contribution >= 0.6 is 0 Å². The molecule has 0 aromatic carbocycles. The monoisotopic (exact) mass is 272 g/mol. The van der Waals surface area contributed by atoms with Gasteiger partial charge < -0.3 is 9.80 Å². The SMILES string of the molecule is O=C(CC1CC1)N1CC[C@H]2[C@H]1CCN2c1ncccn1. The lowest BCUT2D eigenvalue weighted by Crippen LogP contribution is -2.40. The third kappa shape index (κ3) is 2.05. The molecule has 2 atom stereocenters. The minimum Gasteiger partial charge on any atom is -0.337 e. The summed E-state index contributed by atoms with van der Waals surface area (Å²) in [5, 5.41) is 0. The summed E-state index contributed by atoms with van der Waals surface area (Å²) in [6.45, 7) is 1.87. The Balaban J connectivity index is 1.47. The van der Waals surface area contributed by atoms with Crippen molar-refractivity contribution in [2.45, 2.75) is 44.2 Å². The fourth-order valence-corrected chi connectivity index (χ4v) is 3.67. The normalized spacial score (nSPS) is 28.8. The Kier molecular flexibility index (Phi) is 2.86. The summed E-state index contributed by atoms with van der Waals surface area (Å²) in [5.74, 6) is 1.86. The lowest BCUT2D eigenvalue weighted by molar-refractivity contribution is -0.132. The summed E-state index contributed by atoms with van der Waals surface area (Å²) in [7, 11) is 0. The van der Waals surface area contributed by atoms with Gasteiger partial charge in [0.15, 0.2) is 0 Å². The zero-order valence-electron chi connectivity index (χ0n) is 11.6. The molecule has 4 rings (SSSR count). The van der Waals surface area contributed by atoms with Crippen molar-refractivity contribution in [1.82, 2.24) is 14.9 Å². The van der Waals surface area contributed by atoms with E-state index in [2.05, 4.69) is 19.8 Å². The van der Waals surface area contributed by atoms with Crippen LogP contribution in [0, 0.1) is 5.92 Å². The van der Waals surface area contributed by atoms with Gasteiger partial charge in [0, 0.05) is 31.9 Å². The fourth-order valence-electron chi connectivity index (χ4n) is 3.67. The number of nitrogens with zero attached hydrogens (tertiary/aromatic N) is 4. The van der Waals surface area contributed by atoms with Gasteiger partial charge in [0.2, 0.25) is 11.9 Å². The molecule has 3 aliphatic rings. The number of anilines is 1. The van der Waals surface area contributed by atoms with Gasteiger partial charge in [-0.3, -0.25) is 4.79 Å². The largest absolute Gasteiger partial charge is 0.337 e. The molecule has 5 heteroatoms. The van der Waals surface area contributed by atoms with Crippen LogP contribution in [0.1, 0.15) is 32.1 Å². The number of hydrogen-bond acceptors (Lipinski definition) is 4. The molecule has 3 fully saturated rings. The molecule has 2 saturated heterocycles. The highest BCUT2D eigenvalue weighted by atomic mass is 16.2. The molecule has 0 N–H and O–H groups in total. The molecule has 1 aliphatic carbocycles. The molecule has 0 unspecified atom stereocenters. The second-order valence-electron chi connectivity index (χ2n) is 6.19. The van der Waals surface area contributed by atoms with Gasteiger partial charge in [0.05, 0.1) is 12.1 Å². The van der Waals surface area contributed by atoms with E-state index in [1.807, 2.05) is 6.07 Å². The van der Waals surface area contributed by atoms with Crippen LogP contribution in [0.3, 0.4) is 0 Å². The van der Waals surface area contributed by atoms with E-state index in [1.54, 1.807) is 12.4 Å². The standard InChI is InChI=1S/C15H20N4O/c20-14(10-11-2-3-11)18-8-4-13-12(18)5-9-19(13)15-16-6-1-7-17-15/h1,6-7,11-13H,2-5,8-10H2/t12-,13+/m1/s1. The third-order valence-electron chi connectivity index (χ3n) is 4.87. The van der Waals surface area contributed by atoms with E-state index in [-0.39, 0.29) is 0 Å². The number of fused-ring (bicyclic) bond motifs is 1. The lowest BCUT2D eigenvalue weighted by Gasteiger charge is -2.25. The average molecular weight is 272 g/mol. The Morgan fingerprint density at radius 3 is 2.60 bits per heavy atom. The van der Waals surface area contributed by atoms with Gasteiger partial charge in [0.1, 0.15) is 0 Å². The van der Waals surface area contributed by atoms with Crippen molar-refractivity contribution in [3.05, 3.63) is 18.5 Å². The predicted octanol–water partition coefficient (Wildman–Crippen LogP) is 1.46. The molecule has 0 radical (unpaired) electrons. The van der Waals surface area contributed by atoms with Crippen LogP contribution < -0.4 is 4.90 Å². The first-order valence-electron chi connectivity index (χ1n) is 7.66. The van der Waals surface area contributed by atoms with Gasteiger partial charge in [-0.15, -0.1) is 0 Å². The molecule has 0 bridgehead atoms. The summed E-state index contributed by atoms with van der Waals surface area (Å²) in [6.07, 6.45) is 8.96. The molecular weight excluding hydrogens is 252 g/mol. The van der Waals surface area contributed by atoms with E-state index in [9.17, 15) is 4.79 Å². The molecule has 1 amide bonds. The van der Waals surface area contributed by atoms with Crippen molar-refractivity contribution in [2.75, 3.05) is 18.0 Å². The molecular formula is C15H20N4O. The molecule has 1 saturated carbocycles. The van der Waals surface area contributed by atoms with E-state index in [0.717, 1.165) is 38.3 Å². The molecule has 20 heavy (non-hydrogen) atoms. The quantitative estimate of drug-likeness (QED) is 0.836. The van der Waals surface area contributed by atoms with Crippen LogP contribution in [-0.4, -0.2) is 45.9 Å². The van der Waals surface area contributed by atoms with Crippen molar-refractivity contribution in [3.63, 3.8) is 0 Å². The lowest BCUT2D eigenvalue weighted by atomic mass is 10.1. The van der Waals surface area contributed by atoms with Gasteiger partial charge in [-0.2, -0.15) is 0 Å². The van der Waals surface area contributed by atoms with Crippen molar-refractivity contribution in [2.24, 2.45) is 5.92 Å². The summed E-state index contributed by atoms with van der Waals surface area (Å²) in [6, 6.07) is 2.64. The molecule has 5 nitrogen and oxygen atoms in total. The Hall–Kier alpha value is -1.65. The minimum absolute atomic E-state index is 0.371.